The lowest BCUT2D eigenvalue weighted by atomic mass is 9.96. The number of nitro groups is 1. The smallest absolute Gasteiger partial charge is 0.271 e. The van der Waals surface area contributed by atoms with Gasteiger partial charge in [0.2, 0.25) is 0 Å². The Balaban J connectivity index is 1.89. The molecule has 0 amide bonds. The van der Waals surface area contributed by atoms with Gasteiger partial charge in [-0.15, -0.1) is 10.2 Å². The molecule has 1 aromatic carbocycles. The highest BCUT2D eigenvalue weighted by atomic mass is 35.5. The van der Waals surface area contributed by atoms with Crippen molar-refractivity contribution in [1.29, 1.82) is 0 Å². The molecular weight excluding hydrogens is 330 g/mol. The third kappa shape index (κ3) is 3.08. The van der Waals surface area contributed by atoms with Crippen LogP contribution in [0.15, 0.2) is 18.5 Å². The van der Waals surface area contributed by atoms with E-state index in [1.54, 1.807) is 12.4 Å². The second-order valence-electron chi connectivity index (χ2n) is 6.11. The van der Waals surface area contributed by atoms with Gasteiger partial charge >= 0.3 is 0 Å². The molecule has 0 saturated carbocycles. The van der Waals surface area contributed by atoms with Crippen LogP contribution in [0.3, 0.4) is 0 Å². The summed E-state index contributed by atoms with van der Waals surface area (Å²) in [4.78, 5) is 12.8. The van der Waals surface area contributed by atoms with Crippen LogP contribution in [0.1, 0.15) is 37.1 Å². The molecule has 3 rings (SSSR count). The van der Waals surface area contributed by atoms with Crippen molar-refractivity contribution in [2.75, 3.05) is 18.0 Å². The van der Waals surface area contributed by atoms with Gasteiger partial charge in [0.25, 0.3) is 5.69 Å². The molecular formula is C16H20ClN5O2. The lowest BCUT2D eigenvalue weighted by Gasteiger charge is -2.35. The minimum atomic E-state index is -0.411. The summed E-state index contributed by atoms with van der Waals surface area (Å²) in [7, 11) is 0. The molecule has 1 aliphatic rings. The summed E-state index contributed by atoms with van der Waals surface area (Å²) in [6.07, 6.45) is 3.84. The second-order valence-corrected chi connectivity index (χ2v) is 6.52. The van der Waals surface area contributed by atoms with Crippen molar-refractivity contribution < 1.29 is 4.92 Å². The molecule has 7 nitrogen and oxygen atoms in total. The quantitative estimate of drug-likeness (QED) is 0.623. The molecule has 8 heteroatoms. The summed E-state index contributed by atoms with van der Waals surface area (Å²) in [5.41, 5.74) is 1.74. The molecule has 1 unspecified atom stereocenters. The Hall–Kier alpha value is -2.15. The third-order valence-electron chi connectivity index (χ3n) is 4.54. The van der Waals surface area contributed by atoms with Crippen LogP contribution in [0.25, 0.3) is 0 Å². The molecule has 24 heavy (non-hydrogen) atoms. The number of anilines is 1. The third-order valence-corrected chi connectivity index (χ3v) is 4.83. The fourth-order valence-electron chi connectivity index (χ4n) is 3.44. The molecule has 0 spiro atoms. The Labute approximate surface area is 145 Å². The molecule has 1 aliphatic heterocycles. The standard InChI is InChI=1S/C16H20ClN5O2/c1-3-20-10-18-19-16(20)12-5-4-6-21(9-12)15-11(2)7-13(22(23)24)8-14(15)17/h7-8,10,12H,3-6,9H2,1-2H3. The molecule has 1 aromatic heterocycles. The van der Waals surface area contributed by atoms with E-state index in [2.05, 4.69) is 26.6 Å². The maximum atomic E-state index is 11.0. The first-order chi connectivity index (χ1) is 11.5. The van der Waals surface area contributed by atoms with Gasteiger partial charge in [-0.1, -0.05) is 11.6 Å². The number of aromatic nitrogens is 3. The first kappa shape index (κ1) is 16.7. The maximum absolute atomic E-state index is 11.0. The van der Waals surface area contributed by atoms with Crippen LogP contribution in [-0.4, -0.2) is 32.8 Å². The normalized spacial score (nSPS) is 18.0. The number of benzene rings is 1. The second kappa shape index (κ2) is 6.76. The van der Waals surface area contributed by atoms with Gasteiger partial charge in [0.1, 0.15) is 12.2 Å². The molecule has 2 aromatic rings. The van der Waals surface area contributed by atoms with Crippen molar-refractivity contribution >= 4 is 23.0 Å². The highest BCUT2D eigenvalue weighted by molar-refractivity contribution is 6.33. The first-order valence-electron chi connectivity index (χ1n) is 8.08. The van der Waals surface area contributed by atoms with Crippen LogP contribution in [0.2, 0.25) is 5.02 Å². The lowest BCUT2D eigenvalue weighted by molar-refractivity contribution is -0.384. The summed E-state index contributed by atoms with van der Waals surface area (Å²) in [6.45, 7) is 6.46. The van der Waals surface area contributed by atoms with Crippen molar-refractivity contribution in [2.24, 2.45) is 0 Å². The molecule has 2 heterocycles. The average Bonchev–Trinajstić information content (AvgIpc) is 3.03. The van der Waals surface area contributed by atoms with Gasteiger partial charge in [0, 0.05) is 37.7 Å². The van der Waals surface area contributed by atoms with Crippen molar-refractivity contribution in [3.63, 3.8) is 0 Å². The van der Waals surface area contributed by atoms with Crippen LogP contribution in [0.4, 0.5) is 11.4 Å². The summed E-state index contributed by atoms with van der Waals surface area (Å²) in [5.74, 6) is 1.28. The number of nitrogens with zero attached hydrogens (tertiary/aromatic N) is 5. The maximum Gasteiger partial charge on any atom is 0.271 e. The monoisotopic (exact) mass is 349 g/mol. The predicted octanol–water partition coefficient (Wildman–Crippen LogP) is 3.55. The van der Waals surface area contributed by atoms with Gasteiger partial charge in [0.15, 0.2) is 0 Å². The fourth-order valence-corrected chi connectivity index (χ4v) is 3.82. The van der Waals surface area contributed by atoms with E-state index in [4.69, 9.17) is 11.6 Å². The van der Waals surface area contributed by atoms with Gasteiger partial charge in [0.05, 0.1) is 15.6 Å². The summed E-state index contributed by atoms with van der Waals surface area (Å²) in [5, 5.41) is 19.7. The molecule has 0 aliphatic carbocycles. The summed E-state index contributed by atoms with van der Waals surface area (Å²) >= 11 is 6.36. The number of hydrogen-bond donors (Lipinski definition) is 0. The number of hydrogen-bond acceptors (Lipinski definition) is 5. The van der Waals surface area contributed by atoms with E-state index >= 15 is 0 Å². The SMILES string of the molecule is CCn1cnnc1C1CCCN(c2c(C)cc([N+](=O)[O-])cc2Cl)C1. The lowest BCUT2D eigenvalue weighted by Crippen LogP contribution is -2.36. The van der Waals surface area contributed by atoms with Crippen molar-refractivity contribution in [1.82, 2.24) is 14.8 Å². The van der Waals surface area contributed by atoms with Crippen LogP contribution in [-0.2, 0) is 6.54 Å². The molecule has 1 saturated heterocycles. The zero-order chi connectivity index (χ0) is 17.3. The molecule has 128 valence electrons. The van der Waals surface area contributed by atoms with E-state index in [-0.39, 0.29) is 11.6 Å². The Morgan fingerprint density at radius 3 is 2.92 bits per heavy atom. The Morgan fingerprint density at radius 2 is 2.25 bits per heavy atom. The van der Waals surface area contributed by atoms with Crippen LogP contribution < -0.4 is 4.90 Å². The zero-order valence-corrected chi connectivity index (χ0v) is 14.5. The number of nitro benzene ring substituents is 1. The van der Waals surface area contributed by atoms with Crippen molar-refractivity contribution in [3.05, 3.63) is 45.0 Å². The van der Waals surface area contributed by atoms with Crippen molar-refractivity contribution in [2.45, 2.75) is 39.2 Å². The first-order valence-corrected chi connectivity index (χ1v) is 8.46. The summed E-state index contributed by atoms with van der Waals surface area (Å²) in [6, 6.07) is 3.02. The van der Waals surface area contributed by atoms with Gasteiger partial charge in [-0.3, -0.25) is 10.1 Å². The van der Waals surface area contributed by atoms with E-state index in [0.717, 1.165) is 49.6 Å². The predicted molar refractivity (Wildman–Crippen MR) is 92.7 cm³/mol. The highest BCUT2D eigenvalue weighted by Crippen LogP contribution is 2.37. The molecule has 0 bridgehead atoms. The Morgan fingerprint density at radius 1 is 1.46 bits per heavy atom. The van der Waals surface area contributed by atoms with Crippen LogP contribution in [0.5, 0.6) is 0 Å². The number of aryl methyl sites for hydroxylation is 2. The van der Waals surface area contributed by atoms with E-state index in [9.17, 15) is 10.1 Å². The minimum absolute atomic E-state index is 0.0283. The molecule has 1 atom stereocenters. The topological polar surface area (TPSA) is 77.1 Å². The molecule has 0 N–H and O–H groups in total. The Bertz CT molecular complexity index is 738. The number of non-ortho nitro benzene ring substituents is 1. The number of piperidine rings is 1. The van der Waals surface area contributed by atoms with E-state index in [0.29, 0.717) is 5.02 Å². The van der Waals surface area contributed by atoms with Gasteiger partial charge in [-0.25, -0.2) is 0 Å². The minimum Gasteiger partial charge on any atom is -0.369 e. The zero-order valence-electron chi connectivity index (χ0n) is 13.8. The van der Waals surface area contributed by atoms with Crippen LogP contribution in [0, 0.1) is 17.0 Å². The largest absolute Gasteiger partial charge is 0.369 e. The van der Waals surface area contributed by atoms with E-state index in [1.807, 2.05) is 6.92 Å². The van der Waals surface area contributed by atoms with Gasteiger partial charge in [-0.05, 0) is 32.3 Å². The van der Waals surface area contributed by atoms with Gasteiger partial charge < -0.3 is 9.47 Å². The van der Waals surface area contributed by atoms with Gasteiger partial charge in [-0.2, -0.15) is 0 Å². The average molecular weight is 350 g/mol. The molecule has 0 radical (unpaired) electrons. The van der Waals surface area contributed by atoms with E-state index < -0.39 is 4.92 Å². The Kier molecular flexibility index (Phi) is 4.71. The highest BCUT2D eigenvalue weighted by Gasteiger charge is 2.27. The number of halogens is 1. The molecule has 1 fully saturated rings. The number of rotatable bonds is 4. The van der Waals surface area contributed by atoms with Crippen LogP contribution >= 0.6 is 11.6 Å². The fraction of sp³-hybridized carbons (Fsp3) is 0.500. The van der Waals surface area contributed by atoms with E-state index in [1.165, 1.54) is 6.07 Å². The summed E-state index contributed by atoms with van der Waals surface area (Å²) < 4.78 is 2.07. The van der Waals surface area contributed by atoms with Crippen molar-refractivity contribution in [3.8, 4) is 0 Å².